The van der Waals surface area contributed by atoms with E-state index in [1.807, 2.05) is 45.9 Å². The van der Waals surface area contributed by atoms with Gasteiger partial charge < -0.3 is 24.4 Å². The summed E-state index contributed by atoms with van der Waals surface area (Å²) in [4.78, 5) is 25.8. The number of hydrogen-bond acceptors (Lipinski definition) is 5. The highest BCUT2D eigenvalue weighted by molar-refractivity contribution is 5.76. The molecule has 1 atom stereocenters. The van der Waals surface area contributed by atoms with Gasteiger partial charge in [-0.15, -0.1) is 0 Å². The normalized spacial score (nSPS) is 14.2. The Morgan fingerprint density at radius 3 is 2.57 bits per heavy atom. The van der Waals surface area contributed by atoms with Crippen LogP contribution in [0.5, 0.6) is 11.5 Å². The molecule has 2 amide bonds. The van der Waals surface area contributed by atoms with E-state index in [9.17, 15) is 9.59 Å². The highest BCUT2D eigenvalue weighted by Gasteiger charge is 2.19. The fourth-order valence-corrected chi connectivity index (χ4v) is 2.94. The predicted molar refractivity (Wildman–Crippen MR) is 107 cm³/mol. The van der Waals surface area contributed by atoms with Crippen LogP contribution in [0.15, 0.2) is 18.2 Å². The van der Waals surface area contributed by atoms with Crippen LogP contribution in [0.4, 0.5) is 4.79 Å². The molecule has 1 aromatic rings. The van der Waals surface area contributed by atoms with Crippen LogP contribution in [0.25, 0.3) is 0 Å². The van der Waals surface area contributed by atoms with Gasteiger partial charge in [0.1, 0.15) is 18.8 Å². The summed E-state index contributed by atoms with van der Waals surface area (Å²) in [6.45, 7) is 8.87. The van der Waals surface area contributed by atoms with Crippen molar-refractivity contribution in [3.63, 3.8) is 0 Å². The summed E-state index contributed by atoms with van der Waals surface area (Å²) in [7, 11) is 1.75. The number of nitrogens with one attached hydrogen (secondary N) is 1. The zero-order valence-corrected chi connectivity index (χ0v) is 17.5. The second kappa shape index (κ2) is 9.66. The van der Waals surface area contributed by atoms with Gasteiger partial charge in [0.2, 0.25) is 5.91 Å². The highest BCUT2D eigenvalue weighted by Crippen LogP contribution is 2.31. The van der Waals surface area contributed by atoms with Crippen molar-refractivity contribution in [2.24, 2.45) is 0 Å². The van der Waals surface area contributed by atoms with Gasteiger partial charge >= 0.3 is 6.09 Å². The summed E-state index contributed by atoms with van der Waals surface area (Å²) < 4.78 is 16.3. The lowest BCUT2D eigenvalue weighted by atomic mass is 10.1. The molecule has 1 heterocycles. The molecule has 0 aliphatic carbocycles. The monoisotopic (exact) mass is 392 g/mol. The Kier molecular flexibility index (Phi) is 7.54. The molecule has 2 rings (SSSR count). The van der Waals surface area contributed by atoms with Gasteiger partial charge in [0, 0.05) is 26.1 Å². The van der Waals surface area contributed by atoms with Crippen LogP contribution in [0, 0.1) is 0 Å². The SMILES string of the molecule is CC(CN(C)C(=O)CCCc1ccc2c(c1)OCCO2)NC(=O)OC(C)(C)C. The standard InChI is InChI=1S/C21H32N2O5/c1-15(22-20(25)28-21(2,3)4)14-23(5)19(24)8-6-7-16-9-10-17-18(13-16)27-12-11-26-17/h9-10,13,15H,6-8,11-12,14H2,1-5H3,(H,22,25). The predicted octanol–water partition coefficient (Wildman–Crippen LogP) is 3.15. The van der Waals surface area contributed by atoms with E-state index in [2.05, 4.69) is 5.32 Å². The molecular weight excluding hydrogens is 360 g/mol. The van der Waals surface area contributed by atoms with E-state index in [1.54, 1.807) is 11.9 Å². The summed E-state index contributed by atoms with van der Waals surface area (Å²) in [5, 5.41) is 2.75. The van der Waals surface area contributed by atoms with Crippen molar-refractivity contribution in [3.05, 3.63) is 23.8 Å². The maximum absolute atomic E-state index is 12.4. The van der Waals surface area contributed by atoms with Crippen molar-refractivity contribution < 1.29 is 23.8 Å². The van der Waals surface area contributed by atoms with Crippen molar-refractivity contribution in [2.45, 2.75) is 58.6 Å². The first-order valence-electron chi connectivity index (χ1n) is 9.76. The van der Waals surface area contributed by atoms with Gasteiger partial charge in [-0.1, -0.05) is 6.07 Å². The second-order valence-corrected chi connectivity index (χ2v) is 8.15. The third kappa shape index (κ3) is 7.29. The molecule has 156 valence electrons. The molecule has 0 radical (unpaired) electrons. The fourth-order valence-electron chi connectivity index (χ4n) is 2.94. The molecule has 1 aliphatic rings. The number of ether oxygens (including phenoxy) is 3. The fraction of sp³-hybridized carbons (Fsp3) is 0.619. The van der Waals surface area contributed by atoms with E-state index >= 15 is 0 Å². The van der Waals surface area contributed by atoms with E-state index in [0.717, 1.165) is 29.9 Å². The molecule has 0 saturated heterocycles. The zero-order valence-electron chi connectivity index (χ0n) is 17.5. The number of rotatable bonds is 7. The molecule has 1 aromatic carbocycles. The molecule has 1 aliphatic heterocycles. The number of fused-ring (bicyclic) bond motifs is 1. The number of aryl methyl sites for hydroxylation is 1. The number of nitrogens with zero attached hydrogens (tertiary/aromatic N) is 1. The van der Waals surface area contributed by atoms with E-state index in [-0.39, 0.29) is 11.9 Å². The number of carbonyl (C=O) groups excluding carboxylic acids is 2. The lowest BCUT2D eigenvalue weighted by Crippen LogP contribution is -2.44. The van der Waals surface area contributed by atoms with Crippen LogP contribution >= 0.6 is 0 Å². The van der Waals surface area contributed by atoms with Crippen LogP contribution in [-0.4, -0.2) is 55.3 Å². The van der Waals surface area contributed by atoms with Crippen molar-refractivity contribution in [3.8, 4) is 11.5 Å². The summed E-state index contributed by atoms with van der Waals surface area (Å²) in [6, 6.07) is 5.72. The van der Waals surface area contributed by atoms with Crippen LogP contribution in [0.3, 0.4) is 0 Å². The Bertz CT molecular complexity index is 684. The summed E-state index contributed by atoms with van der Waals surface area (Å²) in [6.07, 6.45) is 1.52. The Morgan fingerprint density at radius 1 is 1.21 bits per heavy atom. The summed E-state index contributed by atoms with van der Waals surface area (Å²) >= 11 is 0. The third-order valence-electron chi connectivity index (χ3n) is 4.20. The lowest BCUT2D eigenvalue weighted by molar-refractivity contribution is -0.130. The lowest BCUT2D eigenvalue weighted by Gasteiger charge is -2.25. The van der Waals surface area contributed by atoms with E-state index in [1.165, 1.54) is 0 Å². The van der Waals surface area contributed by atoms with Crippen molar-refractivity contribution in [1.29, 1.82) is 0 Å². The minimum atomic E-state index is -0.542. The first-order valence-corrected chi connectivity index (χ1v) is 9.76. The van der Waals surface area contributed by atoms with Crippen LogP contribution < -0.4 is 14.8 Å². The molecule has 7 heteroatoms. The van der Waals surface area contributed by atoms with Gasteiger partial charge in [-0.3, -0.25) is 4.79 Å². The maximum Gasteiger partial charge on any atom is 0.407 e. The Hall–Kier alpha value is -2.44. The summed E-state index contributed by atoms with van der Waals surface area (Å²) in [5.41, 5.74) is 0.582. The first kappa shape index (κ1) is 21.9. The quantitative estimate of drug-likeness (QED) is 0.771. The molecule has 7 nitrogen and oxygen atoms in total. The molecule has 0 fully saturated rings. The molecule has 28 heavy (non-hydrogen) atoms. The van der Waals surface area contributed by atoms with Gasteiger partial charge in [0.25, 0.3) is 0 Å². The molecule has 0 saturated carbocycles. The van der Waals surface area contributed by atoms with Crippen molar-refractivity contribution in [2.75, 3.05) is 26.8 Å². The molecule has 0 aromatic heterocycles. The molecular formula is C21H32N2O5. The maximum atomic E-state index is 12.4. The Labute approximate surface area is 167 Å². The van der Waals surface area contributed by atoms with Crippen molar-refractivity contribution >= 4 is 12.0 Å². The van der Waals surface area contributed by atoms with E-state index < -0.39 is 11.7 Å². The first-order chi connectivity index (χ1) is 13.1. The molecule has 1 unspecified atom stereocenters. The van der Waals surface area contributed by atoms with Gasteiger partial charge in [0.15, 0.2) is 11.5 Å². The van der Waals surface area contributed by atoms with Gasteiger partial charge in [0.05, 0.1) is 0 Å². The molecule has 1 N–H and O–H groups in total. The zero-order chi connectivity index (χ0) is 20.7. The molecule has 0 spiro atoms. The third-order valence-corrected chi connectivity index (χ3v) is 4.20. The highest BCUT2D eigenvalue weighted by atomic mass is 16.6. The van der Waals surface area contributed by atoms with Crippen LogP contribution in [0.2, 0.25) is 0 Å². The Balaban J connectivity index is 1.71. The average Bonchev–Trinajstić information content (AvgIpc) is 2.59. The van der Waals surface area contributed by atoms with E-state index in [0.29, 0.717) is 26.2 Å². The number of hydrogen-bond donors (Lipinski definition) is 1. The second-order valence-electron chi connectivity index (χ2n) is 8.15. The number of benzene rings is 1. The van der Waals surface area contributed by atoms with E-state index in [4.69, 9.17) is 14.2 Å². The smallest absolute Gasteiger partial charge is 0.407 e. The van der Waals surface area contributed by atoms with Crippen molar-refractivity contribution in [1.82, 2.24) is 10.2 Å². The topological polar surface area (TPSA) is 77.1 Å². The number of amides is 2. The summed E-state index contributed by atoms with van der Waals surface area (Å²) in [5.74, 6) is 1.60. The van der Waals surface area contributed by atoms with Gasteiger partial charge in [-0.2, -0.15) is 0 Å². The largest absolute Gasteiger partial charge is 0.486 e. The van der Waals surface area contributed by atoms with Crippen LogP contribution in [-0.2, 0) is 16.0 Å². The van der Waals surface area contributed by atoms with Crippen LogP contribution in [0.1, 0.15) is 46.1 Å². The number of likely N-dealkylation sites (N-methyl/N-ethyl adjacent to an activating group) is 1. The number of alkyl carbamates (subject to hydrolysis) is 1. The minimum Gasteiger partial charge on any atom is -0.486 e. The molecule has 0 bridgehead atoms. The Morgan fingerprint density at radius 2 is 1.89 bits per heavy atom. The van der Waals surface area contributed by atoms with Gasteiger partial charge in [-0.25, -0.2) is 4.79 Å². The minimum absolute atomic E-state index is 0.0513. The average molecular weight is 392 g/mol. The van der Waals surface area contributed by atoms with Gasteiger partial charge in [-0.05, 0) is 58.2 Å². The number of carbonyl (C=O) groups is 2.